The Bertz CT molecular complexity index is 856. The number of fused-ring (bicyclic) bond motifs is 1. The fourth-order valence-corrected chi connectivity index (χ4v) is 2.82. The number of nitrogens with one attached hydrogen (secondary N) is 3. The maximum Gasteiger partial charge on any atom is 0.135 e. The first kappa shape index (κ1) is 14.7. The first-order valence-corrected chi connectivity index (χ1v) is 8.07. The minimum absolute atomic E-state index is 0.378. The molecule has 1 aromatic heterocycles. The Morgan fingerprint density at radius 2 is 2.21 bits per heavy atom. The molecule has 1 saturated carbocycles. The molecule has 122 valence electrons. The number of benzene rings is 1. The number of rotatable bonds is 4. The smallest absolute Gasteiger partial charge is 0.135 e. The Morgan fingerprint density at radius 3 is 2.92 bits per heavy atom. The lowest BCUT2D eigenvalue weighted by atomic mass is 9.95. The maximum atomic E-state index is 8.46. The number of hydrogen-bond donors (Lipinski definition) is 4. The Balaban J connectivity index is 1.62. The lowest BCUT2D eigenvalue weighted by Crippen LogP contribution is -2.28. The van der Waals surface area contributed by atoms with E-state index in [1.165, 1.54) is 12.8 Å². The largest absolute Gasteiger partial charge is 0.390 e. The van der Waals surface area contributed by atoms with Gasteiger partial charge in [0, 0.05) is 30.1 Å². The summed E-state index contributed by atoms with van der Waals surface area (Å²) in [6.07, 6.45) is 6.05. The topological polar surface area (TPSA) is 103 Å². The van der Waals surface area contributed by atoms with Crippen molar-refractivity contribution < 1.29 is 0 Å². The summed E-state index contributed by atoms with van der Waals surface area (Å²) in [5, 5.41) is 18.7. The van der Waals surface area contributed by atoms with Gasteiger partial charge >= 0.3 is 0 Å². The van der Waals surface area contributed by atoms with Crippen LogP contribution in [0.4, 0.5) is 5.69 Å². The van der Waals surface area contributed by atoms with Crippen molar-refractivity contribution in [1.82, 2.24) is 15.5 Å². The number of amidine groups is 1. The average Bonchev–Trinajstić information content (AvgIpc) is 3.08. The summed E-state index contributed by atoms with van der Waals surface area (Å²) in [7, 11) is 0. The second-order valence-electron chi connectivity index (χ2n) is 6.82. The predicted molar refractivity (Wildman–Crippen MR) is 95.6 cm³/mol. The molecule has 0 spiro atoms. The van der Waals surface area contributed by atoms with Crippen LogP contribution in [-0.2, 0) is 0 Å². The van der Waals surface area contributed by atoms with Gasteiger partial charge in [-0.2, -0.15) is 5.10 Å². The zero-order valence-electron chi connectivity index (χ0n) is 13.6. The highest BCUT2D eigenvalue weighted by Crippen LogP contribution is 2.44. The molecular formula is C18H20N6. The summed E-state index contributed by atoms with van der Waals surface area (Å²) in [5.74, 6) is 0.378. The van der Waals surface area contributed by atoms with Crippen molar-refractivity contribution in [1.29, 1.82) is 5.41 Å². The minimum Gasteiger partial charge on any atom is -0.390 e. The van der Waals surface area contributed by atoms with Crippen molar-refractivity contribution in [2.45, 2.75) is 19.8 Å². The molecule has 1 aliphatic heterocycles. The van der Waals surface area contributed by atoms with Crippen LogP contribution in [0.2, 0.25) is 0 Å². The van der Waals surface area contributed by atoms with E-state index in [1.807, 2.05) is 30.5 Å². The highest BCUT2D eigenvalue weighted by atomic mass is 15.1. The van der Waals surface area contributed by atoms with Crippen molar-refractivity contribution in [2.75, 3.05) is 6.54 Å². The normalized spacial score (nSPS) is 19.8. The molecule has 24 heavy (non-hydrogen) atoms. The van der Waals surface area contributed by atoms with Gasteiger partial charge in [-0.15, -0.1) is 0 Å². The van der Waals surface area contributed by atoms with Crippen LogP contribution in [0, 0.1) is 10.8 Å². The third-order valence-electron chi connectivity index (χ3n) is 4.74. The van der Waals surface area contributed by atoms with Crippen molar-refractivity contribution in [2.24, 2.45) is 16.1 Å². The molecule has 0 unspecified atom stereocenters. The van der Waals surface area contributed by atoms with Crippen molar-refractivity contribution in [3.05, 3.63) is 47.8 Å². The van der Waals surface area contributed by atoms with Crippen LogP contribution in [0.1, 0.15) is 25.3 Å². The molecule has 2 aromatic rings. The number of H-pyrrole nitrogens is 1. The first-order chi connectivity index (χ1) is 11.6. The predicted octanol–water partition coefficient (Wildman–Crippen LogP) is 2.72. The molecular weight excluding hydrogens is 300 g/mol. The summed E-state index contributed by atoms with van der Waals surface area (Å²) in [4.78, 5) is 4.49. The summed E-state index contributed by atoms with van der Waals surface area (Å²) in [6.45, 7) is 3.16. The number of aromatic nitrogens is 2. The lowest BCUT2D eigenvalue weighted by molar-refractivity contribution is 0.544. The Morgan fingerprint density at radius 1 is 1.38 bits per heavy atom. The van der Waals surface area contributed by atoms with Crippen molar-refractivity contribution in [3.63, 3.8) is 0 Å². The molecule has 0 bridgehead atoms. The van der Waals surface area contributed by atoms with E-state index in [0.717, 1.165) is 29.1 Å². The number of hydrogen-bond acceptors (Lipinski definition) is 5. The number of aliphatic imine (C=N–C) groups is 1. The molecule has 2 aliphatic rings. The molecule has 1 aliphatic carbocycles. The first-order valence-electron chi connectivity index (χ1n) is 8.07. The second-order valence-corrected chi connectivity index (χ2v) is 6.82. The van der Waals surface area contributed by atoms with E-state index in [1.54, 1.807) is 6.20 Å². The monoisotopic (exact) mass is 320 g/mol. The highest BCUT2D eigenvalue weighted by Gasteiger charge is 2.36. The van der Waals surface area contributed by atoms with Gasteiger partial charge in [0.1, 0.15) is 5.84 Å². The van der Waals surface area contributed by atoms with Gasteiger partial charge in [0.15, 0.2) is 0 Å². The molecule has 0 radical (unpaired) electrons. The van der Waals surface area contributed by atoms with Gasteiger partial charge in [-0.3, -0.25) is 10.5 Å². The van der Waals surface area contributed by atoms with Gasteiger partial charge in [0.05, 0.1) is 22.7 Å². The van der Waals surface area contributed by atoms with E-state index in [-0.39, 0.29) is 0 Å². The standard InChI is InChI=1S/C18H20N6/c1-18(5-6-18)10-21-9-13-16(19)12-3-2-11(14-4-7-22-24-14)8-15(12)23-17(13)20/h2-4,7-9,19,21H,5-6,10H2,1H3,(H2,20,23)(H,22,24)/b13-9+,19-16?. The summed E-state index contributed by atoms with van der Waals surface area (Å²) in [5.41, 5.74) is 11.0. The molecule has 1 fully saturated rings. The minimum atomic E-state index is 0.378. The van der Waals surface area contributed by atoms with E-state index < -0.39 is 0 Å². The molecule has 0 atom stereocenters. The second kappa shape index (κ2) is 5.33. The van der Waals surface area contributed by atoms with Crippen LogP contribution in [0.15, 0.2) is 47.2 Å². The van der Waals surface area contributed by atoms with E-state index in [9.17, 15) is 0 Å². The maximum absolute atomic E-state index is 8.46. The van der Waals surface area contributed by atoms with Crippen LogP contribution < -0.4 is 11.1 Å². The lowest BCUT2D eigenvalue weighted by Gasteiger charge is -2.18. The van der Waals surface area contributed by atoms with E-state index in [0.29, 0.717) is 22.5 Å². The SMILES string of the molecule is CC1(CN/C=C2\C(=N)c3ccc(-c4ccn[nH]4)cc3N=C2N)CC1. The molecule has 6 heteroatoms. The fraction of sp³-hybridized carbons (Fsp3) is 0.278. The van der Waals surface area contributed by atoms with E-state index >= 15 is 0 Å². The highest BCUT2D eigenvalue weighted by molar-refractivity contribution is 6.32. The number of aromatic amines is 1. The van der Waals surface area contributed by atoms with Crippen molar-refractivity contribution >= 4 is 17.2 Å². The molecule has 2 heterocycles. The summed E-state index contributed by atoms with van der Waals surface area (Å²) >= 11 is 0. The quantitative estimate of drug-likeness (QED) is 0.696. The van der Waals surface area contributed by atoms with Gasteiger partial charge in [0.2, 0.25) is 0 Å². The number of nitrogens with zero attached hydrogens (tertiary/aromatic N) is 2. The average molecular weight is 320 g/mol. The van der Waals surface area contributed by atoms with Gasteiger partial charge in [0.25, 0.3) is 0 Å². The van der Waals surface area contributed by atoms with Gasteiger partial charge < -0.3 is 11.1 Å². The van der Waals surface area contributed by atoms with Crippen molar-refractivity contribution in [3.8, 4) is 11.3 Å². The summed E-state index contributed by atoms with van der Waals surface area (Å²) < 4.78 is 0. The Kier molecular flexibility index (Phi) is 3.26. The Hall–Kier alpha value is -2.89. The molecule has 5 N–H and O–H groups in total. The van der Waals surface area contributed by atoms with Gasteiger partial charge in [-0.05, 0) is 36.5 Å². The fourth-order valence-electron chi connectivity index (χ4n) is 2.82. The molecule has 6 nitrogen and oxygen atoms in total. The van der Waals surface area contributed by atoms with Crippen LogP contribution in [0.5, 0.6) is 0 Å². The van der Waals surface area contributed by atoms with Crippen LogP contribution in [0.25, 0.3) is 11.3 Å². The molecule has 1 aromatic carbocycles. The third-order valence-corrected chi connectivity index (χ3v) is 4.74. The third kappa shape index (κ3) is 2.60. The van der Waals surface area contributed by atoms with E-state index in [4.69, 9.17) is 11.1 Å². The Labute approximate surface area is 140 Å². The number of nitrogens with two attached hydrogens (primary N) is 1. The zero-order valence-corrected chi connectivity index (χ0v) is 13.6. The van der Waals surface area contributed by atoms with Gasteiger partial charge in [-0.25, -0.2) is 4.99 Å². The van der Waals surface area contributed by atoms with Crippen LogP contribution in [-0.4, -0.2) is 28.3 Å². The summed E-state index contributed by atoms with van der Waals surface area (Å²) in [6, 6.07) is 7.71. The molecule has 0 amide bonds. The van der Waals surface area contributed by atoms with Crippen LogP contribution in [0.3, 0.4) is 0 Å². The van der Waals surface area contributed by atoms with E-state index in [2.05, 4.69) is 27.4 Å². The van der Waals surface area contributed by atoms with Gasteiger partial charge in [-0.1, -0.05) is 13.0 Å². The molecule has 4 rings (SSSR count). The molecule has 0 saturated heterocycles. The van der Waals surface area contributed by atoms with Crippen LogP contribution >= 0.6 is 0 Å². The zero-order chi connectivity index (χ0) is 16.7.